The number of carbonyl (C=O) groups excluding carboxylic acids is 1. The van der Waals surface area contributed by atoms with Crippen molar-refractivity contribution in [1.29, 1.82) is 0 Å². The lowest BCUT2D eigenvalue weighted by Crippen LogP contribution is -2.28. The third-order valence-corrected chi connectivity index (χ3v) is 3.33. The molecule has 0 bridgehead atoms. The van der Waals surface area contributed by atoms with E-state index in [-0.39, 0.29) is 5.97 Å². The minimum Gasteiger partial charge on any atom is -0.467 e. The summed E-state index contributed by atoms with van der Waals surface area (Å²) < 4.78 is 10.3. The van der Waals surface area contributed by atoms with Gasteiger partial charge in [-0.3, -0.25) is 0 Å². The Hall–Kier alpha value is -2.34. The molecule has 0 unspecified atom stereocenters. The standard InChI is InChI=1S/C16H18N2O3S/c1-3-20-15(19)13-7-4-8-14(11(13)2)18-16(22)17-10-12-6-5-9-21-12/h4-9H,3,10H2,1-2H3,(H2,17,18,22). The van der Waals surface area contributed by atoms with Gasteiger partial charge in [0, 0.05) is 5.69 Å². The van der Waals surface area contributed by atoms with E-state index >= 15 is 0 Å². The van der Waals surface area contributed by atoms with Crippen molar-refractivity contribution in [2.75, 3.05) is 11.9 Å². The lowest BCUT2D eigenvalue weighted by Gasteiger charge is -2.14. The monoisotopic (exact) mass is 318 g/mol. The first-order valence-electron chi connectivity index (χ1n) is 6.95. The maximum absolute atomic E-state index is 11.9. The van der Waals surface area contributed by atoms with Gasteiger partial charge in [0.25, 0.3) is 0 Å². The molecule has 0 saturated carbocycles. The lowest BCUT2D eigenvalue weighted by atomic mass is 10.1. The topological polar surface area (TPSA) is 63.5 Å². The molecular weight excluding hydrogens is 300 g/mol. The van der Waals surface area contributed by atoms with Crippen molar-refractivity contribution in [2.24, 2.45) is 0 Å². The summed E-state index contributed by atoms with van der Waals surface area (Å²) in [4.78, 5) is 11.9. The highest BCUT2D eigenvalue weighted by Gasteiger charge is 2.13. The van der Waals surface area contributed by atoms with E-state index in [1.165, 1.54) is 0 Å². The van der Waals surface area contributed by atoms with Gasteiger partial charge in [0.05, 0.1) is 25.0 Å². The molecule has 2 rings (SSSR count). The van der Waals surface area contributed by atoms with Gasteiger partial charge < -0.3 is 19.8 Å². The summed E-state index contributed by atoms with van der Waals surface area (Å²) in [5, 5.41) is 6.58. The molecule has 0 aliphatic rings. The van der Waals surface area contributed by atoms with Crippen molar-refractivity contribution < 1.29 is 13.9 Å². The number of thiocarbonyl (C=S) groups is 1. The Morgan fingerprint density at radius 1 is 1.32 bits per heavy atom. The fourth-order valence-electron chi connectivity index (χ4n) is 1.95. The first-order valence-corrected chi connectivity index (χ1v) is 7.36. The molecule has 1 heterocycles. The summed E-state index contributed by atoms with van der Waals surface area (Å²) in [5.41, 5.74) is 2.09. The number of esters is 1. The second-order valence-electron chi connectivity index (χ2n) is 4.59. The number of benzene rings is 1. The van der Waals surface area contributed by atoms with E-state index in [4.69, 9.17) is 21.4 Å². The van der Waals surface area contributed by atoms with Crippen LogP contribution in [0.4, 0.5) is 5.69 Å². The van der Waals surface area contributed by atoms with Crippen LogP contribution in [-0.2, 0) is 11.3 Å². The Labute approximate surface area is 134 Å². The second kappa shape index (κ2) is 7.61. The fraction of sp³-hybridized carbons (Fsp3) is 0.250. The number of rotatable bonds is 5. The lowest BCUT2D eigenvalue weighted by molar-refractivity contribution is 0.0525. The van der Waals surface area contributed by atoms with Gasteiger partial charge in [0.15, 0.2) is 5.11 Å². The predicted molar refractivity (Wildman–Crippen MR) is 88.9 cm³/mol. The molecule has 0 aliphatic heterocycles. The van der Waals surface area contributed by atoms with Crippen molar-refractivity contribution in [3.63, 3.8) is 0 Å². The van der Waals surface area contributed by atoms with Crippen LogP contribution >= 0.6 is 12.2 Å². The van der Waals surface area contributed by atoms with Gasteiger partial charge in [-0.1, -0.05) is 6.07 Å². The summed E-state index contributed by atoms with van der Waals surface area (Å²) in [7, 11) is 0. The van der Waals surface area contributed by atoms with Crippen LogP contribution in [0.2, 0.25) is 0 Å². The average Bonchev–Trinajstić information content (AvgIpc) is 3.01. The molecule has 5 nitrogen and oxygen atoms in total. The van der Waals surface area contributed by atoms with Gasteiger partial charge in [-0.25, -0.2) is 4.79 Å². The van der Waals surface area contributed by atoms with Crippen LogP contribution in [0.3, 0.4) is 0 Å². The van der Waals surface area contributed by atoms with E-state index in [0.717, 1.165) is 17.0 Å². The van der Waals surface area contributed by atoms with Gasteiger partial charge in [0.1, 0.15) is 5.76 Å². The third-order valence-electron chi connectivity index (χ3n) is 3.08. The van der Waals surface area contributed by atoms with E-state index in [9.17, 15) is 4.79 Å². The summed E-state index contributed by atoms with van der Waals surface area (Å²) in [6.45, 7) is 4.47. The normalized spacial score (nSPS) is 10.1. The minimum absolute atomic E-state index is 0.335. The molecule has 116 valence electrons. The number of anilines is 1. The smallest absolute Gasteiger partial charge is 0.338 e. The molecule has 0 amide bonds. The molecule has 0 fully saturated rings. The van der Waals surface area contributed by atoms with E-state index in [0.29, 0.717) is 23.8 Å². The van der Waals surface area contributed by atoms with Crippen LogP contribution in [0.25, 0.3) is 0 Å². The van der Waals surface area contributed by atoms with Gasteiger partial charge >= 0.3 is 5.97 Å². The first kappa shape index (κ1) is 16.0. The molecule has 0 spiro atoms. The SMILES string of the molecule is CCOC(=O)c1cccc(NC(=S)NCc2ccco2)c1C. The van der Waals surface area contributed by atoms with Crippen LogP contribution in [0.5, 0.6) is 0 Å². The fourth-order valence-corrected chi connectivity index (χ4v) is 2.13. The number of furan rings is 1. The van der Waals surface area contributed by atoms with E-state index in [1.54, 1.807) is 25.3 Å². The van der Waals surface area contributed by atoms with Gasteiger partial charge in [-0.15, -0.1) is 0 Å². The number of carbonyl (C=O) groups is 1. The highest BCUT2D eigenvalue weighted by Crippen LogP contribution is 2.19. The van der Waals surface area contributed by atoms with Crippen LogP contribution in [0, 0.1) is 6.92 Å². The van der Waals surface area contributed by atoms with Crippen LogP contribution < -0.4 is 10.6 Å². The van der Waals surface area contributed by atoms with E-state index in [1.807, 2.05) is 25.1 Å². The third kappa shape index (κ3) is 4.08. The average molecular weight is 318 g/mol. The molecule has 1 aromatic heterocycles. The number of nitrogens with one attached hydrogen (secondary N) is 2. The zero-order valence-corrected chi connectivity index (χ0v) is 13.3. The van der Waals surface area contributed by atoms with E-state index < -0.39 is 0 Å². The Balaban J connectivity index is 2.01. The quantitative estimate of drug-likeness (QED) is 0.652. The summed E-state index contributed by atoms with van der Waals surface area (Å²) in [5.74, 6) is 0.458. The molecule has 6 heteroatoms. The minimum atomic E-state index is -0.335. The Bertz CT molecular complexity index is 653. The zero-order chi connectivity index (χ0) is 15.9. The Kier molecular flexibility index (Phi) is 5.55. The summed E-state index contributed by atoms with van der Waals surface area (Å²) in [6, 6.07) is 9.07. The molecule has 0 radical (unpaired) electrons. The molecule has 0 aliphatic carbocycles. The predicted octanol–water partition coefficient (Wildman–Crippen LogP) is 3.25. The molecule has 0 atom stereocenters. The molecule has 2 N–H and O–H groups in total. The summed E-state index contributed by atoms with van der Waals surface area (Å²) >= 11 is 5.25. The van der Waals surface area contributed by atoms with Crippen molar-refractivity contribution in [3.05, 3.63) is 53.5 Å². The van der Waals surface area contributed by atoms with Crippen LogP contribution in [0.15, 0.2) is 41.0 Å². The van der Waals surface area contributed by atoms with Gasteiger partial charge in [-0.05, 0) is 55.9 Å². The largest absolute Gasteiger partial charge is 0.467 e. The van der Waals surface area contributed by atoms with Crippen molar-refractivity contribution in [3.8, 4) is 0 Å². The van der Waals surface area contributed by atoms with E-state index in [2.05, 4.69) is 10.6 Å². The maximum Gasteiger partial charge on any atom is 0.338 e. The summed E-state index contributed by atoms with van der Waals surface area (Å²) in [6.07, 6.45) is 1.61. The zero-order valence-electron chi connectivity index (χ0n) is 12.5. The molecule has 1 aromatic carbocycles. The van der Waals surface area contributed by atoms with Crippen molar-refractivity contribution in [1.82, 2.24) is 5.32 Å². The van der Waals surface area contributed by atoms with Crippen molar-refractivity contribution >= 4 is 29.0 Å². The highest BCUT2D eigenvalue weighted by molar-refractivity contribution is 7.80. The number of hydrogen-bond donors (Lipinski definition) is 2. The molecule has 22 heavy (non-hydrogen) atoms. The highest BCUT2D eigenvalue weighted by atomic mass is 32.1. The second-order valence-corrected chi connectivity index (χ2v) is 4.99. The molecular formula is C16H18N2O3S. The first-order chi connectivity index (χ1) is 10.6. The Morgan fingerprint density at radius 3 is 2.82 bits per heavy atom. The van der Waals surface area contributed by atoms with Gasteiger partial charge in [-0.2, -0.15) is 0 Å². The van der Waals surface area contributed by atoms with Crippen LogP contribution in [0.1, 0.15) is 28.6 Å². The van der Waals surface area contributed by atoms with Crippen molar-refractivity contribution in [2.45, 2.75) is 20.4 Å². The van der Waals surface area contributed by atoms with Crippen LogP contribution in [-0.4, -0.2) is 17.7 Å². The maximum atomic E-state index is 11.9. The van der Waals surface area contributed by atoms with Gasteiger partial charge in [0.2, 0.25) is 0 Å². The number of hydrogen-bond acceptors (Lipinski definition) is 4. The molecule has 2 aromatic rings. The number of ether oxygens (including phenoxy) is 1. The molecule has 0 saturated heterocycles. The Morgan fingerprint density at radius 2 is 2.14 bits per heavy atom.